The fourth-order valence-corrected chi connectivity index (χ4v) is 3.16. The Morgan fingerprint density at radius 1 is 1.24 bits per heavy atom. The van der Waals surface area contributed by atoms with Crippen molar-refractivity contribution < 1.29 is 4.42 Å². The quantitative estimate of drug-likeness (QED) is 0.800. The summed E-state index contributed by atoms with van der Waals surface area (Å²) in [7, 11) is 1.69. The fourth-order valence-electron chi connectivity index (χ4n) is 3.16. The van der Waals surface area contributed by atoms with Gasteiger partial charge in [-0.15, -0.1) is 0 Å². The van der Waals surface area contributed by atoms with Crippen LogP contribution in [0.3, 0.4) is 0 Å². The molecule has 2 aromatic rings. The number of piperidine rings is 1. The molecule has 2 saturated heterocycles. The molecule has 2 aliphatic heterocycles. The Morgan fingerprint density at radius 2 is 2.10 bits per heavy atom. The number of nitrogens with one attached hydrogen (secondary N) is 1. The molecule has 0 spiro atoms. The highest BCUT2D eigenvalue weighted by molar-refractivity contribution is 5.72. The zero-order valence-corrected chi connectivity index (χ0v) is 12.5. The van der Waals surface area contributed by atoms with E-state index in [-0.39, 0.29) is 5.76 Å². The summed E-state index contributed by atoms with van der Waals surface area (Å²) >= 11 is 0. The fraction of sp³-hybridized carbons (Fsp3) is 0.562. The van der Waals surface area contributed by atoms with Gasteiger partial charge in [-0.05, 0) is 31.5 Å². The second-order valence-corrected chi connectivity index (χ2v) is 5.78. The number of oxazole rings is 1. The predicted octanol–water partition coefficient (Wildman–Crippen LogP) is 1.58. The molecule has 1 aromatic carbocycles. The van der Waals surface area contributed by atoms with Crippen molar-refractivity contribution in [1.82, 2.24) is 14.8 Å². The second-order valence-electron chi connectivity index (χ2n) is 5.78. The monoisotopic (exact) mass is 289 g/mol. The molecule has 0 saturated carbocycles. The minimum atomic E-state index is -0.314. The lowest BCUT2D eigenvalue weighted by Crippen LogP contribution is -2.53. The first-order valence-corrected chi connectivity index (χ1v) is 7.75. The molecule has 4 rings (SSSR count). The number of aryl methyl sites for hydroxylation is 1. The molecule has 1 unspecified atom stereocenters. The average molecular weight is 289 g/mol. The Hall–Kier alpha value is -1.59. The number of hydrogen-bond donors (Lipinski definition) is 1. The van der Waals surface area contributed by atoms with Gasteiger partial charge in [0, 0.05) is 32.7 Å². The Bertz CT molecular complexity index is 620. The minimum Gasteiger partial charge on any atom is -0.408 e. The average Bonchev–Trinajstić information content (AvgIpc) is 2.83. The summed E-state index contributed by atoms with van der Waals surface area (Å²) in [6.45, 7) is 5.08. The molecular weight excluding hydrogens is 266 g/mol. The summed E-state index contributed by atoms with van der Waals surface area (Å²) in [5, 5.41) is 3.44. The number of rotatable bonds is 0. The van der Waals surface area contributed by atoms with E-state index in [9.17, 15) is 4.79 Å². The third-order valence-electron chi connectivity index (χ3n) is 4.40. The van der Waals surface area contributed by atoms with Gasteiger partial charge in [0.05, 0.1) is 5.52 Å². The van der Waals surface area contributed by atoms with Crippen molar-refractivity contribution in [3.05, 3.63) is 34.8 Å². The van der Waals surface area contributed by atoms with Crippen LogP contribution in [-0.2, 0) is 7.05 Å². The topological polar surface area (TPSA) is 50.4 Å². The van der Waals surface area contributed by atoms with Gasteiger partial charge >= 0.3 is 5.76 Å². The van der Waals surface area contributed by atoms with Crippen molar-refractivity contribution in [1.29, 1.82) is 0 Å². The standard InChI is InChI=1S/C8H16N2.C8H7NO2/c1-2-5-10-6-4-9-7-8(10)3-1;1-9-6-4-2-3-5-7(6)11-8(9)10/h8-9H,1-7H2;2-5H,1H3. The van der Waals surface area contributed by atoms with Crippen LogP contribution in [0.1, 0.15) is 19.3 Å². The molecule has 0 aliphatic carbocycles. The molecule has 21 heavy (non-hydrogen) atoms. The third-order valence-corrected chi connectivity index (χ3v) is 4.40. The highest BCUT2D eigenvalue weighted by atomic mass is 16.4. The van der Waals surface area contributed by atoms with Gasteiger partial charge in [0.15, 0.2) is 5.58 Å². The molecule has 114 valence electrons. The lowest BCUT2D eigenvalue weighted by molar-refractivity contribution is 0.121. The molecule has 3 heterocycles. The molecule has 1 atom stereocenters. The van der Waals surface area contributed by atoms with Gasteiger partial charge in [-0.25, -0.2) is 4.79 Å². The highest BCUT2D eigenvalue weighted by Crippen LogP contribution is 2.17. The first kappa shape index (κ1) is 14.4. The molecule has 0 amide bonds. The van der Waals surface area contributed by atoms with Gasteiger partial charge in [-0.3, -0.25) is 9.47 Å². The largest absolute Gasteiger partial charge is 0.419 e. The molecule has 0 radical (unpaired) electrons. The maximum Gasteiger partial charge on any atom is 0.419 e. The van der Waals surface area contributed by atoms with E-state index in [0.29, 0.717) is 5.58 Å². The molecule has 5 heteroatoms. The van der Waals surface area contributed by atoms with E-state index in [1.807, 2.05) is 18.2 Å². The summed E-state index contributed by atoms with van der Waals surface area (Å²) in [5.41, 5.74) is 1.47. The van der Waals surface area contributed by atoms with Gasteiger partial charge in [0.25, 0.3) is 0 Å². The number of aromatic nitrogens is 1. The van der Waals surface area contributed by atoms with Gasteiger partial charge < -0.3 is 9.73 Å². The van der Waals surface area contributed by atoms with E-state index in [4.69, 9.17) is 4.42 Å². The number of nitrogens with zero attached hydrogens (tertiary/aromatic N) is 2. The van der Waals surface area contributed by atoms with Crippen LogP contribution in [-0.4, -0.2) is 41.7 Å². The molecular formula is C16H23N3O2. The van der Waals surface area contributed by atoms with E-state index in [1.54, 1.807) is 13.1 Å². The zero-order chi connectivity index (χ0) is 14.7. The Morgan fingerprint density at radius 3 is 2.90 bits per heavy atom. The normalized spacial score (nSPS) is 22.4. The molecule has 0 bridgehead atoms. The number of para-hydroxylation sites is 2. The van der Waals surface area contributed by atoms with E-state index < -0.39 is 0 Å². The van der Waals surface area contributed by atoms with E-state index >= 15 is 0 Å². The third kappa shape index (κ3) is 3.19. The van der Waals surface area contributed by atoms with Crippen LogP contribution in [0, 0.1) is 0 Å². The van der Waals surface area contributed by atoms with Crippen LogP contribution < -0.4 is 11.1 Å². The van der Waals surface area contributed by atoms with Gasteiger partial charge in [0.2, 0.25) is 0 Å². The zero-order valence-electron chi connectivity index (χ0n) is 12.5. The first-order chi connectivity index (χ1) is 10.3. The van der Waals surface area contributed by atoms with Gasteiger partial charge in [-0.2, -0.15) is 0 Å². The predicted molar refractivity (Wildman–Crippen MR) is 83.5 cm³/mol. The Kier molecular flexibility index (Phi) is 4.41. The number of piperazine rings is 1. The van der Waals surface area contributed by atoms with Crippen molar-refractivity contribution in [3.63, 3.8) is 0 Å². The van der Waals surface area contributed by atoms with Gasteiger partial charge in [-0.1, -0.05) is 18.6 Å². The van der Waals surface area contributed by atoms with Crippen LogP contribution in [0.5, 0.6) is 0 Å². The van der Waals surface area contributed by atoms with Crippen molar-refractivity contribution in [2.45, 2.75) is 25.3 Å². The summed E-state index contributed by atoms with van der Waals surface area (Å²) in [6.07, 6.45) is 4.30. The number of benzene rings is 1. The van der Waals surface area contributed by atoms with E-state index in [0.717, 1.165) is 11.6 Å². The lowest BCUT2D eigenvalue weighted by Gasteiger charge is -2.39. The number of fused-ring (bicyclic) bond motifs is 2. The SMILES string of the molecule is C1CCN2CCNCC2C1.Cn1c(=O)oc2ccccc21. The number of hydrogen-bond acceptors (Lipinski definition) is 4. The Labute approximate surface area is 124 Å². The van der Waals surface area contributed by atoms with Crippen LogP contribution >= 0.6 is 0 Å². The maximum atomic E-state index is 10.9. The van der Waals surface area contributed by atoms with Crippen molar-refractivity contribution in [2.24, 2.45) is 7.05 Å². The van der Waals surface area contributed by atoms with Crippen molar-refractivity contribution in [2.75, 3.05) is 26.2 Å². The Balaban J connectivity index is 0.000000126. The highest BCUT2D eigenvalue weighted by Gasteiger charge is 2.23. The summed E-state index contributed by atoms with van der Waals surface area (Å²) in [6, 6.07) is 8.21. The summed E-state index contributed by atoms with van der Waals surface area (Å²) in [5.74, 6) is -0.314. The second kappa shape index (κ2) is 6.45. The van der Waals surface area contributed by atoms with Crippen LogP contribution in [0.2, 0.25) is 0 Å². The van der Waals surface area contributed by atoms with Crippen LogP contribution in [0.4, 0.5) is 0 Å². The smallest absolute Gasteiger partial charge is 0.408 e. The van der Waals surface area contributed by atoms with Crippen LogP contribution in [0.15, 0.2) is 33.5 Å². The molecule has 1 N–H and O–H groups in total. The van der Waals surface area contributed by atoms with Crippen molar-refractivity contribution >= 4 is 11.1 Å². The van der Waals surface area contributed by atoms with Gasteiger partial charge in [0.1, 0.15) is 0 Å². The minimum absolute atomic E-state index is 0.314. The van der Waals surface area contributed by atoms with E-state index in [1.165, 1.54) is 50.0 Å². The summed E-state index contributed by atoms with van der Waals surface area (Å²) < 4.78 is 6.39. The van der Waals surface area contributed by atoms with Crippen molar-refractivity contribution in [3.8, 4) is 0 Å². The van der Waals surface area contributed by atoms with E-state index in [2.05, 4.69) is 10.2 Å². The molecule has 2 fully saturated rings. The maximum absolute atomic E-state index is 10.9. The molecule has 1 aromatic heterocycles. The molecule has 5 nitrogen and oxygen atoms in total. The molecule has 2 aliphatic rings. The van der Waals surface area contributed by atoms with Crippen LogP contribution in [0.25, 0.3) is 11.1 Å². The lowest BCUT2D eigenvalue weighted by atomic mass is 10.0. The first-order valence-electron chi connectivity index (χ1n) is 7.75. The summed E-state index contributed by atoms with van der Waals surface area (Å²) in [4.78, 5) is 13.6.